The van der Waals surface area contributed by atoms with Crippen LogP contribution < -0.4 is 10.6 Å². The number of methoxy groups -OCH3 is 1. The first kappa shape index (κ1) is 16.5. The minimum atomic E-state index is -0.867. The predicted octanol–water partition coefficient (Wildman–Crippen LogP) is 1.77. The van der Waals surface area contributed by atoms with E-state index in [1.807, 2.05) is 6.92 Å². The molecule has 1 aromatic rings. The summed E-state index contributed by atoms with van der Waals surface area (Å²) in [7, 11) is 1.57. The van der Waals surface area contributed by atoms with Gasteiger partial charge in [0.15, 0.2) is 11.6 Å². The molecule has 1 atom stereocenters. The molecule has 0 radical (unpaired) electrons. The van der Waals surface area contributed by atoms with Gasteiger partial charge in [-0.25, -0.2) is 8.78 Å². The van der Waals surface area contributed by atoms with Crippen molar-refractivity contribution in [3.05, 3.63) is 35.4 Å². The highest BCUT2D eigenvalue weighted by Gasteiger charge is 2.09. The fourth-order valence-electron chi connectivity index (χ4n) is 1.68. The highest BCUT2D eigenvalue weighted by atomic mass is 19.2. The normalized spacial score (nSPS) is 12.2. The van der Waals surface area contributed by atoms with Gasteiger partial charge in [-0.3, -0.25) is 4.79 Å². The van der Waals surface area contributed by atoms with Crippen molar-refractivity contribution in [2.45, 2.75) is 19.4 Å². The fourth-order valence-corrected chi connectivity index (χ4v) is 1.68. The molecule has 0 aliphatic rings. The Morgan fingerprint density at radius 2 is 2.05 bits per heavy atom. The molecule has 1 aromatic carbocycles. The van der Waals surface area contributed by atoms with Crippen molar-refractivity contribution in [1.29, 1.82) is 0 Å². The molecule has 0 aliphatic heterocycles. The summed E-state index contributed by atoms with van der Waals surface area (Å²) in [6.07, 6.45) is 0.317. The van der Waals surface area contributed by atoms with Crippen molar-refractivity contribution >= 4 is 5.91 Å². The largest absolute Gasteiger partial charge is 0.383 e. The van der Waals surface area contributed by atoms with Crippen molar-refractivity contribution in [3.63, 3.8) is 0 Å². The maximum atomic E-state index is 13.1. The molecule has 0 saturated carbocycles. The van der Waals surface area contributed by atoms with E-state index in [2.05, 4.69) is 10.6 Å². The second-order valence-electron chi connectivity index (χ2n) is 4.44. The van der Waals surface area contributed by atoms with Gasteiger partial charge in [-0.05, 0) is 24.6 Å². The molecule has 0 heterocycles. The summed E-state index contributed by atoms with van der Waals surface area (Å²) in [6, 6.07) is 3.62. The van der Waals surface area contributed by atoms with E-state index in [0.717, 1.165) is 12.1 Å². The number of rotatable bonds is 8. The average molecular weight is 286 g/mol. The van der Waals surface area contributed by atoms with Gasteiger partial charge in [-0.1, -0.05) is 6.07 Å². The predicted molar refractivity (Wildman–Crippen MR) is 72.3 cm³/mol. The van der Waals surface area contributed by atoms with Crippen LogP contribution in [0.2, 0.25) is 0 Å². The topological polar surface area (TPSA) is 50.4 Å². The quantitative estimate of drug-likeness (QED) is 0.716. The molecule has 2 N–H and O–H groups in total. The van der Waals surface area contributed by atoms with Crippen molar-refractivity contribution in [2.75, 3.05) is 26.8 Å². The first-order chi connectivity index (χ1) is 9.54. The Morgan fingerprint density at radius 1 is 1.30 bits per heavy atom. The molecule has 0 bridgehead atoms. The number of hydrogen-bond donors (Lipinski definition) is 2. The molecule has 0 spiro atoms. The Kier molecular flexibility index (Phi) is 7.11. The van der Waals surface area contributed by atoms with Gasteiger partial charge in [-0.2, -0.15) is 0 Å². The highest BCUT2D eigenvalue weighted by molar-refractivity contribution is 5.76. The fraction of sp³-hybridized carbons (Fsp3) is 0.500. The molecule has 0 fully saturated rings. The average Bonchev–Trinajstić information content (AvgIpc) is 2.42. The molecular weight excluding hydrogens is 266 g/mol. The summed E-state index contributed by atoms with van der Waals surface area (Å²) in [5.74, 6) is -1.81. The Balaban J connectivity index is 2.30. The zero-order valence-corrected chi connectivity index (χ0v) is 11.7. The number of nitrogens with one attached hydrogen (secondary N) is 2. The minimum Gasteiger partial charge on any atom is -0.383 e. The number of carbonyl (C=O) groups is 1. The van der Waals surface area contributed by atoms with E-state index in [9.17, 15) is 13.6 Å². The lowest BCUT2D eigenvalue weighted by Crippen LogP contribution is -2.30. The lowest BCUT2D eigenvalue weighted by molar-refractivity contribution is -0.121. The Bertz CT molecular complexity index is 441. The second-order valence-corrected chi connectivity index (χ2v) is 4.44. The van der Waals surface area contributed by atoms with Crippen LogP contribution in [0.5, 0.6) is 0 Å². The van der Waals surface area contributed by atoms with E-state index in [4.69, 9.17) is 4.74 Å². The molecule has 0 aromatic heterocycles. The maximum absolute atomic E-state index is 13.1. The van der Waals surface area contributed by atoms with Crippen LogP contribution in [0, 0.1) is 11.6 Å². The lowest BCUT2D eigenvalue weighted by Gasteiger charge is -2.14. The van der Waals surface area contributed by atoms with Gasteiger partial charge in [0.2, 0.25) is 5.91 Å². The van der Waals surface area contributed by atoms with Crippen LogP contribution in [0.4, 0.5) is 8.78 Å². The van der Waals surface area contributed by atoms with Crippen molar-refractivity contribution in [2.24, 2.45) is 0 Å². The molecule has 1 rings (SSSR count). The molecule has 112 valence electrons. The standard InChI is InChI=1S/C14H20F2N2O2/c1-10(11-3-4-12(15)13(16)9-11)17-6-5-14(19)18-7-8-20-2/h3-4,9-10,17H,5-8H2,1-2H3,(H,18,19). The highest BCUT2D eigenvalue weighted by Crippen LogP contribution is 2.15. The third-order valence-electron chi connectivity index (χ3n) is 2.87. The van der Waals surface area contributed by atoms with Crippen LogP contribution in [0.15, 0.2) is 18.2 Å². The number of amides is 1. The minimum absolute atomic E-state index is 0.0768. The third-order valence-corrected chi connectivity index (χ3v) is 2.87. The third kappa shape index (κ3) is 5.63. The molecule has 20 heavy (non-hydrogen) atoms. The number of hydrogen-bond acceptors (Lipinski definition) is 3. The van der Waals surface area contributed by atoms with Crippen LogP contribution in [0.1, 0.15) is 24.9 Å². The maximum Gasteiger partial charge on any atom is 0.221 e. The van der Waals surface area contributed by atoms with Gasteiger partial charge < -0.3 is 15.4 Å². The van der Waals surface area contributed by atoms with Crippen LogP contribution in [0.25, 0.3) is 0 Å². The first-order valence-electron chi connectivity index (χ1n) is 6.48. The van der Waals surface area contributed by atoms with Gasteiger partial charge in [0.05, 0.1) is 6.61 Å². The van der Waals surface area contributed by atoms with Crippen LogP contribution in [-0.2, 0) is 9.53 Å². The van der Waals surface area contributed by atoms with Crippen molar-refractivity contribution in [1.82, 2.24) is 10.6 Å². The SMILES string of the molecule is COCCNC(=O)CCNC(C)c1ccc(F)c(F)c1. The van der Waals surface area contributed by atoms with Crippen LogP contribution in [-0.4, -0.2) is 32.7 Å². The van der Waals surface area contributed by atoms with E-state index in [0.29, 0.717) is 31.7 Å². The summed E-state index contributed by atoms with van der Waals surface area (Å²) < 4.78 is 30.7. The molecule has 0 aliphatic carbocycles. The molecule has 0 saturated heterocycles. The molecular formula is C14H20F2N2O2. The van der Waals surface area contributed by atoms with Crippen LogP contribution >= 0.6 is 0 Å². The van der Waals surface area contributed by atoms with Gasteiger partial charge >= 0.3 is 0 Å². The Hall–Kier alpha value is -1.53. The van der Waals surface area contributed by atoms with Crippen molar-refractivity contribution < 1.29 is 18.3 Å². The monoisotopic (exact) mass is 286 g/mol. The van der Waals surface area contributed by atoms with E-state index in [1.54, 1.807) is 7.11 Å². The molecule has 4 nitrogen and oxygen atoms in total. The van der Waals surface area contributed by atoms with E-state index < -0.39 is 11.6 Å². The van der Waals surface area contributed by atoms with E-state index in [-0.39, 0.29) is 11.9 Å². The zero-order valence-electron chi connectivity index (χ0n) is 11.7. The van der Waals surface area contributed by atoms with Gasteiger partial charge in [0.1, 0.15) is 0 Å². The number of carbonyl (C=O) groups excluding carboxylic acids is 1. The molecule has 1 amide bonds. The van der Waals surface area contributed by atoms with Gasteiger partial charge in [0, 0.05) is 32.7 Å². The molecule has 6 heteroatoms. The van der Waals surface area contributed by atoms with Gasteiger partial charge in [0.25, 0.3) is 0 Å². The van der Waals surface area contributed by atoms with E-state index in [1.165, 1.54) is 6.07 Å². The summed E-state index contributed by atoms with van der Waals surface area (Å²) in [6.45, 7) is 3.24. The van der Waals surface area contributed by atoms with Crippen molar-refractivity contribution in [3.8, 4) is 0 Å². The molecule has 1 unspecified atom stereocenters. The first-order valence-corrected chi connectivity index (χ1v) is 6.48. The summed E-state index contributed by atoms with van der Waals surface area (Å²) in [4.78, 5) is 11.4. The Labute approximate surface area is 117 Å². The summed E-state index contributed by atoms with van der Waals surface area (Å²) in [5, 5.41) is 5.79. The van der Waals surface area contributed by atoms with Crippen LogP contribution in [0.3, 0.4) is 0 Å². The Morgan fingerprint density at radius 3 is 2.70 bits per heavy atom. The number of benzene rings is 1. The number of halogens is 2. The van der Waals surface area contributed by atoms with Gasteiger partial charge in [-0.15, -0.1) is 0 Å². The number of ether oxygens (including phenoxy) is 1. The summed E-state index contributed by atoms with van der Waals surface area (Å²) >= 11 is 0. The summed E-state index contributed by atoms with van der Waals surface area (Å²) in [5.41, 5.74) is 0.642. The lowest BCUT2D eigenvalue weighted by atomic mass is 10.1. The zero-order chi connectivity index (χ0) is 15.0. The smallest absolute Gasteiger partial charge is 0.221 e. The second kappa shape index (κ2) is 8.60. The van der Waals surface area contributed by atoms with E-state index >= 15 is 0 Å².